The average molecular weight is 461 g/mol. The lowest BCUT2D eigenvalue weighted by Crippen LogP contribution is -2.46. The van der Waals surface area contributed by atoms with Crippen molar-refractivity contribution in [2.75, 3.05) is 19.1 Å². The van der Waals surface area contributed by atoms with Gasteiger partial charge in [-0.1, -0.05) is 29.8 Å². The molecule has 7 nitrogen and oxygen atoms in total. The van der Waals surface area contributed by atoms with Crippen LogP contribution >= 0.6 is 0 Å². The molecule has 2 unspecified atom stereocenters. The van der Waals surface area contributed by atoms with Crippen LogP contribution in [0.2, 0.25) is 0 Å². The van der Waals surface area contributed by atoms with Gasteiger partial charge in [-0.05, 0) is 55.3 Å². The van der Waals surface area contributed by atoms with Gasteiger partial charge in [-0.25, -0.2) is 0 Å². The fraction of sp³-hybridized carbons (Fsp3) is 0.296. The number of benzene rings is 2. The first-order valence-electron chi connectivity index (χ1n) is 11.2. The van der Waals surface area contributed by atoms with E-state index in [1.54, 1.807) is 31.4 Å². The number of nitrogens with zero attached hydrogens (tertiary/aromatic N) is 2. The Bertz CT molecular complexity index is 1150. The molecule has 1 aromatic heterocycles. The number of hydrogen-bond acceptors (Lipinski definition) is 6. The predicted octanol–water partition coefficient (Wildman–Crippen LogP) is 4.63. The van der Waals surface area contributed by atoms with E-state index in [0.717, 1.165) is 16.8 Å². The molecule has 176 valence electrons. The lowest BCUT2D eigenvalue weighted by molar-refractivity contribution is -0.152. The number of carbonyl (C=O) groups excluding carboxylic acids is 2. The topological polar surface area (TPSA) is 78.0 Å². The highest BCUT2D eigenvalue weighted by Crippen LogP contribution is 2.43. The molecule has 0 radical (unpaired) electrons. The number of aromatic nitrogens is 1. The average Bonchev–Trinajstić information content (AvgIpc) is 2.88. The molecule has 1 fully saturated rings. The minimum absolute atomic E-state index is 0.0441. The van der Waals surface area contributed by atoms with Crippen LogP contribution in [0.5, 0.6) is 11.5 Å². The third-order valence-corrected chi connectivity index (χ3v) is 6.05. The lowest BCUT2D eigenvalue weighted by atomic mass is 9.83. The summed E-state index contributed by atoms with van der Waals surface area (Å²) in [5.41, 5.74) is 3.26. The second kappa shape index (κ2) is 10.4. The fourth-order valence-corrected chi connectivity index (χ4v) is 4.30. The summed E-state index contributed by atoms with van der Waals surface area (Å²) in [6, 6.07) is 18.1. The first-order valence-corrected chi connectivity index (χ1v) is 11.2. The Morgan fingerprint density at radius 1 is 1.03 bits per heavy atom. The number of carbonyl (C=O) groups is 2. The highest BCUT2D eigenvalue weighted by Gasteiger charge is 2.42. The van der Waals surface area contributed by atoms with Crippen molar-refractivity contribution in [3.05, 3.63) is 83.7 Å². The van der Waals surface area contributed by atoms with E-state index in [1.807, 2.05) is 61.5 Å². The zero-order chi connectivity index (χ0) is 24.1. The molecule has 2 heterocycles. The number of anilines is 1. The highest BCUT2D eigenvalue weighted by atomic mass is 16.5. The van der Waals surface area contributed by atoms with Crippen molar-refractivity contribution in [1.29, 1.82) is 0 Å². The van der Waals surface area contributed by atoms with Gasteiger partial charge in [0.25, 0.3) is 0 Å². The smallest absolute Gasteiger partial charge is 0.311 e. The van der Waals surface area contributed by atoms with Gasteiger partial charge in [0.15, 0.2) is 11.5 Å². The van der Waals surface area contributed by atoms with Crippen LogP contribution in [0.3, 0.4) is 0 Å². The molecule has 0 saturated carbocycles. The van der Waals surface area contributed by atoms with Crippen molar-refractivity contribution in [2.45, 2.75) is 32.4 Å². The molecule has 3 aromatic rings. The normalized spacial score (nSPS) is 17.9. The van der Waals surface area contributed by atoms with Crippen molar-refractivity contribution in [2.24, 2.45) is 5.92 Å². The standard InChI is InChI=1S/C27H28N2O5/c1-18-7-10-21(11-8-18)29-25(30)14-12-22(27(31)34-17-20-6-4-5-15-28-20)26(29)19-9-13-23(32-2)24(16-19)33-3/h4-11,13,15-16,22,26H,12,14,17H2,1-3H3. The number of esters is 1. The van der Waals surface area contributed by atoms with Crippen molar-refractivity contribution >= 4 is 17.6 Å². The van der Waals surface area contributed by atoms with Crippen LogP contribution in [-0.4, -0.2) is 31.1 Å². The van der Waals surface area contributed by atoms with Gasteiger partial charge in [0.05, 0.1) is 31.9 Å². The molecule has 0 bridgehead atoms. The Morgan fingerprint density at radius 3 is 2.47 bits per heavy atom. The first-order chi connectivity index (χ1) is 16.5. The summed E-state index contributed by atoms with van der Waals surface area (Å²) < 4.78 is 16.5. The van der Waals surface area contributed by atoms with E-state index in [9.17, 15) is 9.59 Å². The van der Waals surface area contributed by atoms with Gasteiger partial charge in [0.2, 0.25) is 5.91 Å². The van der Waals surface area contributed by atoms with Gasteiger partial charge >= 0.3 is 5.97 Å². The van der Waals surface area contributed by atoms with E-state index in [0.29, 0.717) is 23.6 Å². The van der Waals surface area contributed by atoms with Crippen molar-refractivity contribution in [1.82, 2.24) is 4.98 Å². The van der Waals surface area contributed by atoms with Gasteiger partial charge in [-0.15, -0.1) is 0 Å². The molecular formula is C27H28N2O5. The van der Waals surface area contributed by atoms with E-state index < -0.39 is 12.0 Å². The molecule has 0 N–H and O–H groups in total. The first kappa shape index (κ1) is 23.3. The summed E-state index contributed by atoms with van der Waals surface area (Å²) in [5, 5.41) is 0. The second-order valence-electron chi connectivity index (χ2n) is 8.23. The maximum absolute atomic E-state index is 13.3. The molecule has 1 saturated heterocycles. The van der Waals surface area contributed by atoms with Crippen molar-refractivity contribution in [3.63, 3.8) is 0 Å². The number of aryl methyl sites for hydroxylation is 1. The van der Waals surface area contributed by atoms with Gasteiger partial charge < -0.3 is 19.1 Å². The molecule has 7 heteroatoms. The second-order valence-corrected chi connectivity index (χ2v) is 8.23. The minimum atomic E-state index is -0.556. The number of hydrogen-bond donors (Lipinski definition) is 0. The van der Waals surface area contributed by atoms with E-state index in [-0.39, 0.29) is 24.9 Å². The van der Waals surface area contributed by atoms with Crippen LogP contribution in [-0.2, 0) is 20.9 Å². The molecule has 2 aromatic carbocycles. The zero-order valence-electron chi connectivity index (χ0n) is 19.6. The molecule has 1 aliphatic heterocycles. The molecule has 0 spiro atoms. The molecule has 4 rings (SSSR count). The number of piperidine rings is 1. The van der Waals surface area contributed by atoms with Crippen LogP contribution in [0.25, 0.3) is 0 Å². The number of methoxy groups -OCH3 is 2. The van der Waals surface area contributed by atoms with Crippen LogP contribution < -0.4 is 14.4 Å². The van der Waals surface area contributed by atoms with E-state index in [2.05, 4.69) is 4.98 Å². The Morgan fingerprint density at radius 2 is 1.79 bits per heavy atom. The van der Waals surface area contributed by atoms with Gasteiger partial charge in [-0.2, -0.15) is 0 Å². The molecular weight excluding hydrogens is 432 g/mol. The minimum Gasteiger partial charge on any atom is -0.493 e. The number of rotatable bonds is 7. The van der Waals surface area contributed by atoms with Crippen molar-refractivity contribution in [3.8, 4) is 11.5 Å². The summed E-state index contributed by atoms with van der Waals surface area (Å²) in [6.45, 7) is 2.07. The van der Waals surface area contributed by atoms with E-state index in [4.69, 9.17) is 14.2 Å². The monoisotopic (exact) mass is 460 g/mol. The quantitative estimate of drug-likeness (QED) is 0.478. The summed E-state index contributed by atoms with van der Waals surface area (Å²) in [5.74, 6) is 0.139. The molecule has 34 heavy (non-hydrogen) atoms. The zero-order valence-corrected chi connectivity index (χ0v) is 19.6. The van der Waals surface area contributed by atoms with Gasteiger partial charge in [-0.3, -0.25) is 14.6 Å². The highest BCUT2D eigenvalue weighted by molar-refractivity contribution is 5.97. The van der Waals surface area contributed by atoms with Crippen LogP contribution in [0.15, 0.2) is 66.9 Å². The van der Waals surface area contributed by atoms with Crippen LogP contribution in [0, 0.1) is 12.8 Å². The number of ether oxygens (including phenoxy) is 3. The molecule has 0 aliphatic carbocycles. The van der Waals surface area contributed by atoms with Gasteiger partial charge in [0.1, 0.15) is 6.61 Å². The van der Waals surface area contributed by atoms with E-state index in [1.165, 1.54) is 0 Å². The number of pyridine rings is 1. The SMILES string of the molecule is COc1ccc(C2C(C(=O)OCc3ccccn3)CCC(=O)N2c2ccc(C)cc2)cc1OC. The van der Waals surface area contributed by atoms with E-state index >= 15 is 0 Å². The third kappa shape index (κ3) is 4.88. The Hall–Kier alpha value is -3.87. The summed E-state index contributed by atoms with van der Waals surface area (Å²) in [7, 11) is 3.13. The van der Waals surface area contributed by atoms with Crippen molar-refractivity contribution < 1.29 is 23.8 Å². The van der Waals surface area contributed by atoms with Crippen LogP contribution in [0.1, 0.15) is 35.7 Å². The Balaban J connectivity index is 1.72. The molecule has 2 atom stereocenters. The summed E-state index contributed by atoms with van der Waals surface area (Å²) in [4.78, 5) is 32.5. The fourth-order valence-electron chi connectivity index (χ4n) is 4.30. The Kier molecular flexibility index (Phi) is 7.11. The molecule has 1 amide bonds. The maximum atomic E-state index is 13.3. The number of amides is 1. The summed E-state index contributed by atoms with van der Waals surface area (Å²) in [6.07, 6.45) is 2.30. The largest absolute Gasteiger partial charge is 0.493 e. The third-order valence-electron chi connectivity index (χ3n) is 6.05. The van der Waals surface area contributed by atoms with Gasteiger partial charge in [0, 0.05) is 18.3 Å². The van der Waals surface area contributed by atoms with Crippen LogP contribution in [0.4, 0.5) is 5.69 Å². The summed E-state index contributed by atoms with van der Waals surface area (Å²) >= 11 is 0. The molecule has 1 aliphatic rings. The predicted molar refractivity (Wildman–Crippen MR) is 128 cm³/mol. The maximum Gasteiger partial charge on any atom is 0.311 e. The Labute approximate surface area is 199 Å². The lowest BCUT2D eigenvalue weighted by Gasteiger charge is -2.40.